The number of carbonyl (C=O) groups is 1. The second-order valence-electron chi connectivity index (χ2n) is 3.89. The number of nitrogens with two attached hydrogens (primary N) is 1. The van der Waals surface area contributed by atoms with Gasteiger partial charge in [0, 0.05) is 6.07 Å². The average molecular weight is 248 g/mol. The molecule has 1 heterocycles. The number of anilines is 2. The second kappa shape index (κ2) is 5.31. The van der Waals surface area contributed by atoms with Crippen LogP contribution >= 0.6 is 0 Å². The molecule has 0 radical (unpaired) electrons. The zero-order valence-electron chi connectivity index (χ0n) is 9.61. The highest BCUT2D eigenvalue weighted by atomic mass is 19.1. The number of amides is 1. The number of aromatic amines is 1. The van der Waals surface area contributed by atoms with Crippen LogP contribution in [0.25, 0.3) is 0 Å². The van der Waals surface area contributed by atoms with Crippen LogP contribution in [0.5, 0.6) is 0 Å². The van der Waals surface area contributed by atoms with Crippen LogP contribution in [0.1, 0.15) is 11.3 Å². The first-order chi connectivity index (χ1) is 8.69. The second-order valence-corrected chi connectivity index (χ2v) is 3.89. The predicted octanol–water partition coefficient (Wildman–Crippen LogP) is 1.48. The van der Waals surface area contributed by atoms with Gasteiger partial charge < -0.3 is 11.1 Å². The molecule has 1 amide bonds. The Labute approximate surface area is 103 Å². The van der Waals surface area contributed by atoms with Gasteiger partial charge in [-0.3, -0.25) is 9.89 Å². The molecule has 0 bridgehead atoms. The first kappa shape index (κ1) is 12.1. The Balaban J connectivity index is 2.05. The highest BCUT2D eigenvalue weighted by molar-refractivity contribution is 5.71. The van der Waals surface area contributed by atoms with Gasteiger partial charge in [0.2, 0.25) is 6.41 Å². The van der Waals surface area contributed by atoms with Crippen molar-refractivity contribution in [2.75, 3.05) is 11.1 Å². The molecule has 2 rings (SSSR count). The third-order valence-corrected chi connectivity index (χ3v) is 2.57. The molecule has 0 unspecified atom stereocenters. The summed E-state index contributed by atoms with van der Waals surface area (Å²) in [4.78, 5) is 10.3. The van der Waals surface area contributed by atoms with E-state index in [4.69, 9.17) is 5.73 Å². The van der Waals surface area contributed by atoms with E-state index in [0.717, 1.165) is 11.3 Å². The number of hydrogen-bond acceptors (Lipinski definition) is 3. The average Bonchev–Trinajstić information content (AvgIpc) is 2.76. The quantitative estimate of drug-likeness (QED) is 0.701. The van der Waals surface area contributed by atoms with E-state index in [-0.39, 0.29) is 5.69 Å². The van der Waals surface area contributed by atoms with Gasteiger partial charge in [0.1, 0.15) is 11.6 Å². The van der Waals surface area contributed by atoms with Gasteiger partial charge in [-0.05, 0) is 30.5 Å². The summed E-state index contributed by atoms with van der Waals surface area (Å²) in [6.07, 6.45) is 1.84. The molecule has 18 heavy (non-hydrogen) atoms. The minimum atomic E-state index is -0.449. The summed E-state index contributed by atoms with van der Waals surface area (Å²) in [5.41, 5.74) is 7.47. The molecule has 5 nitrogen and oxygen atoms in total. The van der Waals surface area contributed by atoms with Crippen LogP contribution in [0.3, 0.4) is 0 Å². The Bertz CT molecular complexity index is 553. The number of nitrogens with one attached hydrogen (secondary N) is 2. The predicted molar refractivity (Wildman–Crippen MR) is 66.5 cm³/mol. The Morgan fingerprint density at radius 1 is 1.39 bits per heavy atom. The molecule has 0 aliphatic rings. The molecule has 0 saturated heterocycles. The zero-order chi connectivity index (χ0) is 13.0. The lowest BCUT2D eigenvalue weighted by Gasteiger charge is -2.04. The van der Waals surface area contributed by atoms with Crippen molar-refractivity contribution >= 4 is 17.9 Å². The largest absolute Gasteiger partial charge is 0.384 e. The molecule has 0 aliphatic heterocycles. The van der Waals surface area contributed by atoms with Crippen molar-refractivity contribution in [2.24, 2.45) is 0 Å². The van der Waals surface area contributed by atoms with Gasteiger partial charge in [-0.1, -0.05) is 6.07 Å². The minimum absolute atomic E-state index is 0.184. The number of H-pyrrole nitrogens is 1. The van der Waals surface area contributed by atoms with Crippen molar-refractivity contribution in [3.05, 3.63) is 41.3 Å². The molecule has 0 spiro atoms. The van der Waals surface area contributed by atoms with Crippen LogP contribution in [-0.4, -0.2) is 16.6 Å². The van der Waals surface area contributed by atoms with Crippen molar-refractivity contribution < 1.29 is 9.18 Å². The van der Waals surface area contributed by atoms with Crippen LogP contribution in [0.2, 0.25) is 0 Å². The fourth-order valence-electron chi connectivity index (χ4n) is 1.68. The summed E-state index contributed by atoms with van der Waals surface area (Å²) in [7, 11) is 0. The molecular formula is C12H13FN4O. The number of benzene rings is 1. The number of halogens is 1. The summed E-state index contributed by atoms with van der Waals surface area (Å²) in [5.74, 6) is 0.0716. The van der Waals surface area contributed by atoms with Crippen molar-refractivity contribution in [3.63, 3.8) is 0 Å². The Morgan fingerprint density at radius 3 is 2.89 bits per heavy atom. The molecule has 2 aromatic rings. The van der Waals surface area contributed by atoms with Crippen molar-refractivity contribution in [2.45, 2.75) is 12.8 Å². The monoisotopic (exact) mass is 248 g/mol. The first-order valence-electron chi connectivity index (χ1n) is 5.47. The molecule has 0 saturated carbocycles. The van der Waals surface area contributed by atoms with Gasteiger partial charge in [-0.25, -0.2) is 4.39 Å². The van der Waals surface area contributed by atoms with Gasteiger partial charge in [-0.15, -0.1) is 0 Å². The van der Waals surface area contributed by atoms with Crippen LogP contribution < -0.4 is 11.1 Å². The molecule has 0 atom stereocenters. The van der Waals surface area contributed by atoms with Crippen molar-refractivity contribution in [1.29, 1.82) is 0 Å². The lowest BCUT2D eigenvalue weighted by Crippen LogP contribution is -1.99. The van der Waals surface area contributed by atoms with Crippen LogP contribution in [-0.2, 0) is 17.6 Å². The fraction of sp³-hybridized carbons (Fsp3) is 0.167. The van der Waals surface area contributed by atoms with E-state index in [9.17, 15) is 9.18 Å². The summed E-state index contributed by atoms with van der Waals surface area (Å²) >= 11 is 0. The van der Waals surface area contributed by atoms with E-state index in [1.54, 1.807) is 18.2 Å². The van der Waals surface area contributed by atoms with E-state index in [2.05, 4.69) is 15.5 Å². The van der Waals surface area contributed by atoms with Gasteiger partial charge in [0.15, 0.2) is 0 Å². The molecule has 6 heteroatoms. The van der Waals surface area contributed by atoms with Gasteiger partial charge in [-0.2, -0.15) is 5.10 Å². The number of rotatable bonds is 5. The highest BCUT2D eigenvalue weighted by Gasteiger charge is 2.04. The topological polar surface area (TPSA) is 83.8 Å². The third kappa shape index (κ3) is 2.85. The molecule has 1 aromatic heterocycles. The first-order valence-corrected chi connectivity index (χ1v) is 5.47. The summed E-state index contributed by atoms with van der Waals surface area (Å²) in [6.45, 7) is 0. The van der Waals surface area contributed by atoms with Gasteiger partial charge >= 0.3 is 0 Å². The number of nitrogens with zero attached hydrogens (tertiary/aromatic N) is 1. The fourth-order valence-corrected chi connectivity index (χ4v) is 1.68. The van der Waals surface area contributed by atoms with Crippen molar-refractivity contribution in [3.8, 4) is 0 Å². The van der Waals surface area contributed by atoms with E-state index in [1.807, 2.05) is 0 Å². The number of carbonyl (C=O) groups excluding carboxylic acids is 1. The molecule has 4 N–H and O–H groups in total. The number of nitrogen functional groups attached to an aromatic ring is 1. The minimum Gasteiger partial charge on any atom is -0.384 e. The maximum Gasteiger partial charge on any atom is 0.211 e. The normalized spacial score (nSPS) is 10.3. The Morgan fingerprint density at radius 2 is 2.22 bits per heavy atom. The van der Waals surface area contributed by atoms with Gasteiger partial charge in [0.05, 0.1) is 11.4 Å². The van der Waals surface area contributed by atoms with E-state index in [1.165, 1.54) is 6.07 Å². The molecule has 1 aromatic carbocycles. The van der Waals surface area contributed by atoms with Crippen LogP contribution in [0.4, 0.5) is 15.9 Å². The zero-order valence-corrected chi connectivity index (χ0v) is 9.61. The lowest BCUT2D eigenvalue weighted by molar-refractivity contribution is -0.105. The molecule has 0 fully saturated rings. The maximum atomic E-state index is 13.3. The molecular weight excluding hydrogens is 235 g/mol. The molecule has 0 aliphatic carbocycles. The maximum absolute atomic E-state index is 13.3. The summed E-state index contributed by atoms with van der Waals surface area (Å²) < 4.78 is 13.3. The number of aromatic nitrogens is 2. The Kier molecular flexibility index (Phi) is 3.57. The number of aryl methyl sites for hydroxylation is 2. The Hall–Kier alpha value is -2.37. The van der Waals surface area contributed by atoms with E-state index >= 15 is 0 Å². The SMILES string of the molecule is Nc1cc(CCc2ccc(F)c(NC=O)c2)n[nH]1. The highest BCUT2D eigenvalue weighted by Crippen LogP contribution is 2.17. The summed E-state index contributed by atoms with van der Waals surface area (Å²) in [6, 6.07) is 6.38. The lowest BCUT2D eigenvalue weighted by atomic mass is 10.1. The van der Waals surface area contributed by atoms with E-state index in [0.29, 0.717) is 25.1 Å². The third-order valence-electron chi connectivity index (χ3n) is 2.57. The molecule has 94 valence electrons. The van der Waals surface area contributed by atoms with Crippen LogP contribution in [0.15, 0.2) is 24.3 Å². The van der Waals surface area contributed by atoms with E-state index < -0.39 is 5.82 Å². The standard InChI is InChI=1S/C12H13FN4O/c13-10-4-2-8(5-11(10)15-7-18)1-3-9-6-12(14)17-16-9/h2,4-7H,1,3H2,(H,15,18)(H3,14,16,17). The summed E-state index contributed by atoms with van der Waals surface area (Å²) in [5, 5.41) is 8.99. The smallest absolute Gasteiger partial charge is 0.211 e. The van der Waals surface area contributed by atoms with Crippen molar-refractivity contribution in [1.82, 2.24) is 10.2 Å². The number of hydrogen-bond donors (Lipinski definition) is 3. The van der Waals surface area contributed by atoms with Gasteiger partial charge in [0.25, 0.3) is 0 Å². The van der Waals surface area contributed by atoms with Crippen LogP contribution in [0, 0.1) is 5.82 Å².